The van der Waals surface area contributed by atoms with Crippen LogP contribution in [0.15, 0.2) is 18.2 Å². The molecule has 1 aromatic carbocycles. The smallest absolute Gasteiger partial charge is 0.221 e. The van der Waals surface area contributed by atoms with Gasteiger partial charge in [-0.3, -0.25) is 4.79 Å². The molecule has 30 heavy (non-hydrogen) atoms. The number of halogens is 2. The second-order valence-corrected chi connectivity index (χ2v) is 8.41. The molecule has 1 unspecified atom stereocenters. The minimum atomic E-state index is 0.0635. The Bertz CT molecular complexity index is 1040. The summed E-state index contributed by atoms with van der Waals surface area (Å²) in [4.78, 5) is 20.8. The van der Waals surface area contributed by atoms with Crippen molar-refractivity contribution >= 4 is 57.0 Å². The number of hydrogen-bond acceptors (Lipinski definition) is 8. The Hall–Kier alpha value is -1.97. The van der Waals surface area contributed by atoms with Crippen LogP contribution in [0.1, 0.15) is 29.4 Å². The van der Waals surface area contributed by atoms with Crippen molar-refractivity contribution in [3.8, 4) is 17.0 Å². The molecule has 160 valence electrons. The summed E-state index contributed by atoms with van der Waals surface area (Å²) in [5.41, 5.74) is 11.8. The normalized spacial score (nSPS) is 15.7. The number of nitrogen functional groups attached to an aromatic ring is 1. The number of carbonyl (C=O) groups is 1. The molecule has 3 heterocycles. The topological polar surface area (TPSA) is 113 Å². The standard InChI is InChI=1S/C18H15Cl2N3O3S.C2H7N/c19-13-6-14(20)15(26-8-9-2-1-3-25-9)5-11(13)16-12-4-10(7-24)27-17(12)23-18(21)22-16;1-2-3/h4-7,9H,1-3,8H2,(H2,21,22,23);2-3H2,1H3. The summed E-state index contributed by atoms with van der Waals surface area (Å²) in [6.07, 6.45) is 2.83. The van der Waals surface area contributed by atoms with Crippen molar-refractivity contribution in [2.45, 2.75) is 25.9 Å². The SMILES string of the molecule is CCN.Nc1nc(-c2cc(OCC3CCCO3)c(Cl)cc2Cl)c2cc(C=O)sc2n1. The highest BCUT2D eigenvalue weighted by Crippen LogP contribution is 2.40. The van der Waals surface area contributed by atoms with E-state index in [-0.39, 0.29) is 12.1 Å². The van der Waals surface area contributed by atoms with Crippen molar-refractivity contribution in [2.75, 3.05) is 25.5 Å². The molecular weight excluding hydrogens is 447 g/mol. The number of fused-ring (bicyclic) bond motifs is 1. The molecule has 2 aromatic heterocycles. The van der Waals surface area contributed by atoms with E-state index in [1.165, 1.54) is 11.3 Å². The number of ether oxygens (including phenoxy) is 2. The highest BCUT2D eigenvalue weighted by molar-refractivity contribution is 7.20. The van der Waals surface area contributed by atoms with Crippen molar-refractivity contribution in [3.05, 3.63) is 33.1 Å². The predicted octanol–water partition coefficient (Wildman–Crippen LogP) is 4.58. The first-order chi connectivity index (χ1) is 14.5. The Morgan fingerprint density at radius 2 is 2.07 bits per heavy atom. The number of thiophene rings is 1. The lowest BCUT2D eigenvalue weighted by molar-refractivity contribution is 0.0680. The largest absolute Gasteiger partial charge is 0.489 e. The average molecular weight is 469 g/mol. The molecule has 0 saturated carbocycles. The highest BCUT2D eigenvalue weighted by atomic mass is 35.5. The molecule has 10 heteroatoms. The lowest BCUT2D eigenvalue weighted by Crippen LogP contribution is -2.16. The minimum Gasteiger partial charge on any atom is -0.489 e. The van der Waals surface area contributed by atoms with E-state index in [1.54, 1.807) is 18.2 Å². The van der Waals surface area contributed by atoms with Crippen molar-refractivity contribution in [3.63, 3.8) is 0 Å². The van der Waals surface area contributed by atoms with Crippen LogP contribution >= 0.6 is 34.5 Å². The average Bonchev–Trinajstić information content (AvgIpc) is 3.36. The van der Waals surface area contributed by atoms with Gasteiger partial charge in [-0.25, -0.2) is 9.97 Å². The van der Waals surface area contributed by atoms with Crippen LogP contribution in [0.25, 0.3) is 21.5 Å². The van der Waals surface area contributed by atoms with Crippen LogP contribution in [0.5, 0.6) is 5.75 Å². The van der Waals surface area contributed by atoms with E-state index in [2.05, 4.69) is 9.97 Å². The monoisotopic (exact) mass is 468 g/mol. The molecule has 0 amide bonds. The van der Waals surface area contributed by atoms with Gasteiger partial charge in [0.1, 0.15) is 17.2 Å². The molecular formula is C20H22Cl2N4O3S. The maximum atomic E-state index is 11.1. The Kier molecular flexibility index (Phi) is 7.85. The molecule has 1 aliphatic rings. The number of aromatic nitrogens is 2. The van der Waals surface area contributed by atoms with Gasteiger partial charge in [0.2, 0.25) is 5.95 Å². The predicted molar refractivity (Wildman–Crippen MR) is 122 cm³/mol. The van der Waals surface area contributed by atoms with Crippen LogP contribution in [0.4, 0.5) is 5.95 Å². The van der Waals surface area contributed by atoms with E-state index in [4.69, 9.17) is 44.1 Å². The van der Waals surface area contributed by atoms with Crippen LogP contribution in [-0.4, -0.2) is 42.1 Å². The summed E-state index contributed by atoms with van der Waals surface area (Å²) in [6.45, 7) is 3.82. The minimum absolute atomic E-state index is 0.0635. The number of nitrogens with zero attached hydrogens (tertiary/aromatic N) is 2. The third-order valence-electron chi connectivity index (χ3n) is 4.27. The number of nitrogens with two attached hydrogens (primary N) is 2. The van der Waals surface area contributed by atoms with Crippen molar-refractivity contribution in [1.82, 2.24) is 9.97 Å². The van der Waals surface area contributed by atoms with Crippen LogP contribution in [0.3, 0.4) is 0 Å². The van der Waals surface area contributed by atoms with Crippen molar-refractivity contribution < 1.29 is 14.3 Å². The summed E-state index contributed by atoms with van der Waals surface area (Å²) in [5.74, 6) is 0.590. The van der Waals surface area contributed by atoms with Crippen LogP contribution in [0.2, 0.25) is 10.0 Å². The number of carbonyl (C=O) groups excluding carboxylic acids is 1. The third kappa shape index (κ3) is 5.19. The van der Waals surface area contributed by atoms with Crippen molar-refractivity contribution in [1.29, 1.82) is 0 Å². The number of anilines is 1. The van der Waals surface area contributed by atoms with E-state index in [1.807, 2.05) is 6.92 Å². The fourth-order valence-corrected chi connectivity index (χ4v) is 4.38. The molecule has 0 aliphatic carbocycles. The first-order valence-electron chi connectivity index (χ1n) is 9.42. The van der Waals surface area contributed by atoms with E-state index in [9.17, 15) is 4.79 Å². The summed E-state index contributed by atoms with van der Waals surface area (Å²) >= 11 is 14.0. The maximum Gasteiger partial charge on any atom is 0.221 e. The summed E-state index contributed by atoms with van der Waals surface area (Å²) in [7, 11) is 0. The van der Waals surface area contributed by atoms with Crippen molar-refractivity contribution in [2.24, 2.45) is 5.73 Å². The van der Waals surface area contributed by atoms with E-state index >= 15 is 0 Å². The zero-order valence-electron chi connectivity index (χ0n) is 16.4. The lowest BCUT2D eigenvalue weighted by Gasteiger charge is -2.15. The zero-order valence-corrected chi connectivity index (χ0v) is 18.7. The lowest BCUT2D eigenvalue weighted by atomic mass is 10.1. The molecule has 3 aromatic rings. The Morgan fingerprint density at radius 3 is 2.73 bits per heavy atom. The van der Waals surface area contributed by atoms with Gasteiger partial charge in [0.15, 0.2) is 6.29 Å². The highest BCUT2D eigenvalue weighted by Gasteiger charge is 2.20. The van der Waals surface area contributed by atoms with Gasteiger partial charge in [-0.2, -0.15) is 0 Å². The van der Waals surface area contributed by atoms with Crippen LogP contribution in [-0.2, 0) is 4.74 Å². The van der Waals surface area contributed by atoms with Gasteiger partial charge in [-0.1, -0.05) is 30.1 Å². The van der Waals surface area contributed by atoms with Crippen LogP contribution in [0, 0.1) is 0 Å². The van der Waals surface area contributed by atoms with Gasteiger partial charge < -0.3 is 20.9 Å². The number of rotatable bonds is 5. The van der Waals surface area contributed by atoms with E-state index in [0.717, 1.165) is 32.3 Å². The fourth-order valence-electron chi connectivity index (χ4n) is 3.00. The Morgan fingerprint density at radius 1 is 1.30 bits per heavy atom. The molecule has 1 aliphatic heterocycles. The molecule has 4 rings (SSSR count). The molecule has 1 saturated heterocycles. The van der Waals surface area contributed by atoms with E-state index in [0.29, 0.717) is 48.8 Å². The second-order valence-electron chi connectivity index (χ2n) is 6.53. The first-order valence-corrected chi connectivity index (χ1v) is 11.0. The summed E-state index contributed by atoms with van der Waals surface area (Å²) < 4.78 is 11.4. The first kappa shape index (κ1) is 22.7. The maximum absolute atomic E-state index is 11.1. The van der Waals surface area contributed by atoms with Gasteiger partial charge in [0.25, 0.3) is 0 Å². The Balaban J connectivity index is 0.000000806. The quantitative estimate of drug-likeness (QED) is 0.526. The zero-order chi connectivity index (χ0) is 21.7. The number of hydrogen-bond donors (Lipinski definition) is 2. The third-order valence-corrected chi connectivity index (χ3v) is 5.83. The summed E-state index contributed by atoms with van der Waals surface area (Å²) in [5, 5.41) is 1.51. The summed E-state index contributed by atoms with van der Waals surface area (Å²) in [6, 6.07) is 5.07. The molecule has 1 atom stereocenters. The van der Waals surface area contributed by atoms with Gasteiger partial charge in [-0.15, -0.1) is 11.3 Å². The molecule has 0 spiro atoms. The van der Waals surface area contributed by atoms with E-state index < -0.39 is 0 Å². The molecule has 7 nitrogen and oxygen atoms in total. The Labute approximate surface area is 188 Å². The van der Waals surface area contributed by atoms with Crippen LogP contribution < -0.4 is 16.2 Å². The number of benzene rings is 1. The van der Waals surface area contributed by atoms with Gasteiger partial charge in [0, 0.05) is 17.6 Å². The second kappa shape index (κ2) is 10.4. The molecule has 4 N–H and O–H groups in total. The van der Waals surface area contributed by atoms with Gasteiger partial charge >= 0.3 is 0 Å². The molecule has 0 radical (unpaired) electrons. The number of aldehydes is 1. The van der Waals surface area contributed by atoms with Gasteiger partial charge in [-0.05, 0) is 37.6 Å². The van der Waals surface area contributed by atoms with Gasteiger partial charge in [0.05, 0.1) is 26.7 Å². The molecule has 1 fully saturated rings. The molecule has 0 bridgehead atoms. The fraction of sp³-hybridized carbons (Fsp3) is 0.350.